The lowest BCUT2D eigenvalue weighted by molar-refractivity contribution is -0.123. The number of rotatable bonds is 5. The maximum absolute atomic E-state index is 13.4. The Morgan fingerprint density at radius 3 is 2.67 bits per heavy atom. The second-order valence-electron chi connectivity index (χ2n) is 4.93. The van der Waals surface area contributed by atoms with Crippen molar-refractivity contribution in [2.75, 3.05) is 6.61 Å². The number of aryl methyl sites for hydroxylation is 2. The molecule has 0 aliphatic heterocycles. The number of halogens is 1. The lowest BCUT2D eigenvalue weighted by Crippen LogP contribution is -2.28. The predicted octanol–water partition coefficient (Wildman–Crippen LogP) is 3.14. The van der Waals surface area contributed by atoms with Crippen LogP contribution in [0, 0.1) is 19.7 Å². The molecule has 0 spiro atoms. The van der Waals surface area contributed by atoms with Crippen LogP contribution in [0.15, 0.2) is 42.5 Å². The molecule has 21 heavy (non-hydrogen) atoms. The number of hydrogen-bond donors (Lipinski definition) is 1. The SMILES string of the molecule is Cc1ccc(OCC(=O)NCc2ccccc2F)c(C)c1. The highest BCUT2D eigenvalue weighted by atomic mass is 19.1. The number of carbonyl (C=O) groups excluding carboxylic acids is 1. The largest absolute Gasteiger partial charge is 0.484 e. The van der Waals surface area contributed by atoms with Gasteiger partial charge in [-0.3, -0.25) is 4.79 Å². The normalized spacial score (nSPS) is 10.2. The Kier molecular flexibility index (Phi) is 4.93. The van der Waals surface area contributed by atoms with Gasteiger partial charge in [0.15, 0.2) is 6.61 Å². The second kappa shape index (κ2) is 6.88. The Morgan fingerprint density at radius 1 is 1.19 bits per heavy atom. The Bertz CT molecular complexity index is 640. The van der Waals surface area contributed by atoms with Gasteiger partial charge in [0.2, 0.25) is 0 Å². The summed E-state index contributed by atoms with van der Waals surface area (Å²) in [4.78, 5) is 11.7. The van der Waals surface area contributed by atoms with Crippen LogP contribution in [0.4, 0.5) is 4.39 Å². The van der Waals surface area contributed by atoms with Crippen molar-refractivity contribution in [3.8, 4) is 5.75 Å². The van der Waals surface area contributed by atoms with Crippen LogP contribution in [-0.2, 0) is 11.3 Å². The molecule has 0 heterocycles. The molecule has 3 nitrogen and oxygen atoms in total. The molecule has 0 bridgehead atoms. The van der Waals surface area contributed by atoms with Crippen LogP contribution in [-0.4, -0.2) is 12.5 Å². The van der Waals surface area contributed by atoms with Gasteiger partial charge < -0.3 is 10.1 Å². The minimum Gasteiger partial charge on any atom is -0.484 e. The zero-order valence-electron chi connectivity index (χ0n) is 12.2. The molecule has 0 fully saturated rings. The topological polar surface area (TPSA) is 38.3 Å². The van der Waals surface area contributed by atoms with E-state index in [1.165, 1.54) is 6.07 Å². The first kappa shape index (κ1) is 15.0. The van der Waals surface area contributed by atoms with Crippen LogP contribution in [0.2, 0.25) is 0 Å². The highest BCUT2D eigenvalue weighted by Gasteiger charge is 2.06. The van der Waals surface area contributed by atoms with Crippen molar-refractivity contribution >= 4 is 5.91 Å². The summed E-state index contributed by atoms with van der Waals surface area (Å²) in [6, 6.07) is 12.1. The van der Waals surface area contributed by atoms with Crippen LogP contribution in [0.5, 0.6) is 5.75 Å². The van der Waals surface area contributed by atoms with Gasteiger partial charge in [-0.25, -0.2) is 4.39 Å². The highest BCUT2D eigenvalue weighted by molar-refractivity contribution is 5.77. The molecule has 1 N–H and O–H groups in total. The van der Waals surface area contributed by atoms with Crippen LogP contribution in [0.1, 0.15) is 16.7 Å². The first-order chi connectivity index (χ1) is 10.1. The van der Waals surface area contributed by atoms with E-state index in [4.69, 9.17) is 4.74 Å². The van der Waals surface area contributed by atoms with Gasteiger partial charge in [0, 0.05) is 12.1 Å². The van der Waals surface area contributed by atoms with E-state index in [0.717, 1.165) is 11.1 Å². The van der Waals surface area contributed by atoms with Gasteiger partial charge in [-0.15, -0.1) is 0 Å². The molecule has 0 aliphatic carbocycles. The van der Waals surface area contributed by atoms with Crippen molar-refractivity contribution in [1.29, 1.82) is 0 Å². The molecule has 0 atom stereocenters. The molecule has 1 amide bonds. The van der Waals surface area contributed by atoms with Crippen LogP contribution in [0.3, 0.4) is 0 Å². The summed E-state index contributed by atoms with van der Waals surface area (Å²) in [7, 11) is 0. The van der Waals surface area contributed by atoms with Gasteiger partial charge in [0.25, 0.3) is 5.91 Å². The number of amides is 1. The standard InChI is InChI=1S/C17H18FNO2/c1-12-7-8-16(13(2)9-12)21-11-17(20)19-10-14-5-3-4-6-15(14)18/h3-9H,10-11H2,1-2H3,(H,19,20). The Morgan fingerprint density at radius 2 is 1.95 bits per heavy atom. The fraction of sp³-hybridized carbons (Fsp3) is 0.235. The fourth-order valence-electron chi connectivity index (χ4n) is 1.99. The summed E-state index contributed by atoms with van der Waals surface area (Å²) in [6.45, 7) is 4.00. The average Bonchev–Trinajstić information content (AvgIpc) is 2.45. The average molecular weight is 287 g/mol. The van der Waals surface area contributed by atoms with E-state index < -0.39 is 0 Å². The quantitative estimate of drug-likeness (QED) is 0.917. The maximum atomic E-state index is 13.4. The van der Waals surface area contributed by atoms with Crippen molar-refractivity contribution in [2.24, 2.45) is 0 Å². The number of ether oxygens (including phenoxy) is 1. The van der Waals surface area contributed by atoms with Gasteiger partial charge in [0.1, 0.15) is 11.6 Å². The lowest BCUT2D eigenvalue weighted by atomic mass is 10.1. The summed E-state index contributed by atoms with van der Waals surface area (Å²) in [5.74, 6) is 0.0768. The van der Waals surface area contributed by atoms with Gasteiger partial charge in [0.05, 0.1) is 0 Å². The zero-order valence-corrected chi connectivity index (χ0v) is 12.2. The summed E-state index contributed by atoms with van der Waals surface area (Å²) in [6.07, 6.45) is 0. The second-order valence-corrected chi connectivity index (χ2v) is 4.93. The molecular formula is C17H18FNO2. The van der Waals surface area contributed by atoms with Crippen LogP contribution in [0.25, 0.3) is 0 Å². The Balaban J connectivity index is 1.84. The summed E-state index contributed by atoms with van der Waals surface area (Å²) in [5, 5.41) is 2.64. The van der Waals surface area contributed by atoms with Crippen LogP contribution < -0.4 is 10.1 Å². The van der Waals surface area contributed by atoms with E-state index in [1.807, 2.05) is 32.0 Å². The first-order valence-electron chi connectivity index (χ1n) is 6.76. The van der Waals surface area contributed by atoms with Gasteiger partial charge in [-0.2, -0.15) is 0 Å². The third-order valence-corrected chi connectivity index (χ3v) is 3.12. The number of benzene rings is 2. The van der Waals surface area contributed by atoms with Gasteiger partial charge >= 0.3 is 0 Å². The highest BCUT2D eigenvalue weighted by Crippen LogP contribution is 2.18. The molecule has 110 valence electrons. The molecule has 4 heteroatoms. The monoisotopic (exact) mass is 287 g/mol. The smallest absolute Gasteiger partial charge is 0.258 e. The van der Waals surface area contributed by atoms with Crippen LogP contribution >= 0.6 is 0 Å². The fourth-order valence-corrected chi connectivity index (χ4v) is 1.99. The Labute approximate surface area is 123 Å². The van der Waals surface area contributed by atoms with Gasteiger partial charge in [-0.1, -0.05) is 35.9 Å². The molecule has 0 aliphatic rings. The summed E-state index contributed by atoms with van der Waals surface area (Å²) < 4.78 is 18.9. The number of carbonyl (C=O) groups is 1. The van der Waals surface area contributed by atoms with Crippen molar-refractivity contribution < 1.29 is 13.9 Å². The van der Waals surface area contributed by atoms with E-state index in [1.54, 1.807) is 18.2 Å². The predicted molar refractivity (Wildman–Crippen MR) is 79.7 cm³/mol. The van der Waals surface area contributed by atoms with Crippen molar-refractivity contribution in [3.63, 3.8) is 0 Å². The lowest BCUT2D eigenvalue weighted by Gasteiger charge is -2.10. The maximum Gasteiger partial charge on any atom is 0.258 e. The third kappa shape index (κ3) is 4.31. The third-order valence-electron chi connectivity index (χ3n) is 3.12. The number of hydrogen-bond acceptors (Lipinski definition) is 2. The number of nitrogens with one attached hydrogen (secondary N) is 1. The van der Waals surface area contributed by atoms with Crippen molar-refractivity contribution in [3.05, 3.63) is 65.0 Å². The molecule has 2 aromatic carbocycles. The van der Waals surface area contributed by atoms with E-state index in [-0.39, 0.29) is 24.9 Å². The molecule has 0 aromatic heterocycles. The van der Waals surface area contributed by atoms with E-state index in [0.29, 0.717) is 11.3 Å². The molecule has 2 aromatic rings. The van der Waals surface area contributed by atoms with Crippen molar-refractivity contribution in [2.45, 2.75) is 20.4 Å². The molecule has 0 radical (unpaired) electrons. The van der Waals surface area contributed by atoms with Crippen molar-refractivity contribution in [1.82, 2.24) is 5.32 Å². The van der Waals surface area contributed by atoms with E-state index >= 15 is 0 Å². The summed E-state index contributed by atoms with van der Waals surface area (Å²) >= 11 is 0. The molecule has 2 rings (SSSR count). The molecule has 0 saturated carbocycles. The van der Waals surface area contributed by atoms with E-state index in [2.05, 4.69) is 5.32 Å². The molecular weight excluding hydrogens is 269 g/mol. The summed E-state index contributed by atoms with van der Waals surface area (Å²) in [5.41, 5.74) is 2.58. The molecule has 0 unspecified atom stereocenters. The Hall–Kier alpha value is -2.36. The zero-order chi connectivity index (χ0) is 15.2. The van der Waals surface area contributed by atoms with Gasteiger partial charge in [-0.05, 0) is 31.5 Å². The van der Waals surface area contributed by atoms with E-state index in [9.17, 15) is 9.18 Å². The minimum atomic E-state index is -0.326. The molecule has 0 saturated heterocycles. The minimum absolute atomic E-state index is 0.0850. The first-order valence-corrected chi connectivity index (χ1v) is 6.76.